The van der Waals surface area contributed by atoms with Gasteiger partial charge in [0.05, 0.1) is 12.4 Å². The van der Waals surface area contributed by atoms with Gasteiger partial charge in [0.2, 0.25) is 0 Å². The van der Waals surface area contributed by atoms with Gasteiger partial charge in [-0.05, 0) is 31.6 Å². The second-order valence-corrected chi connectivity index (χ2v) is 7.10. The van der Waals surface area contributed by atoms with Crippen molar-refractivity contribution in [2.24, 2.45) is 5.41 Å². The number of carbonyl (C=O) groups excluding carboxylic acids is 1. The molecule has 6 nitrogen and oxygen atoms in total. The van der Waals surface area contributed by atoms with E-state index in [2.05, 4.69) is 28.7 Å². The molecule has 1 aromatic rings. The molecule has 6 heteroatoms. The lowest BCUT2D eigenvalue weighted by Crippen LogP contribution is -2.47. The van der Waals surface area contributed by atoms with Crippen molar-refractivity contribution in [3.8, 4) is 0 Å². The van der Waals surface area contributed by atoms with Crippen LogP contribution in [0.3, 0.4) is 0 Å². The average molecular weight is 308 g/mol. The molecule has 124 valence electrons. The van der Waals surface area contributed by atoms with Gasteiger partial charge in [-0.3, -0.25) is 0 Å². The van der Waals surface area contributed by atoms with Crippen LogP contribution in [-0.4, -0.2) is 51.3 Å². The molecule has 2 N–H and O–H groups in total. The quantitative estimate of drug-likeness (QED) is 0.874. The van der Waals surface area contributed by atoms with Gasteiger partial charge in [-0.1, -0.05) is 13.8 Å². The Morgan fingerprint density at radius 1 is 1.45 bits per heavy atom. The highest BCUT2D eigenvalue weighted by molar-refractivity contribution is 5.74. The van der Waals surface area contributed by atoms with Crippen molar-refractivity contribution in [3.63, 3.8) is 0 Å². The monoisotopic (exact) mass is 308 g/mol. The number of amides is 2. The Balaban J connectivity index is 1.75. The normalized spacial score (nSPS) is 18.3. The van der Waals surface area contributed by atoms with Gasteiger partial charge in [0.25, 0.3) is 0 Å². The number of piperidine rings is 1. The van der Waals surface area contributed by atoms with Gasteiger partial charge in [0.1, 0.15) is 0 Å². The maximum Gasteiger partial charge on any atom is 0.317 e. The maximum absolute atomic E-state index is 12.3. The molecule has 1 unspecified atom stereocenters. The molecule has 1 aliphatic rings. The van der Waals surface area contributed by atoms with E-state index in [9.17, 15) is 9.90 Å². The van der Waals surface area contributed by atoms with E-state index in [0.717, 1.165) is 25.9 Å². The molecule has 1 aromatic heterocycles. The third-order valence-corrected chi connectivity index (χ3v) is 4.26. The van der Waals surface area contributed by atoms with Gasteiger partial charge in [0, 0.05) is 38.1 Å². The van der Waals surface area contributed by atoms with Gasteiger partial charge in [-0.25, -0.2) is 9.78 Å². The van der Waals surface area contributed by atoms with Crippen molar-refractivity contribution < 1.29 is 9.90 Å². The lowest BCUT2D eigenvalue weighted by atomic mass is 9.87. The van der Waals surface area contributed by atoms with Crippen molar-refractivity contribution in [1.82, 2.24) is 19.8 Å². The van der Waals surface area contributed by atoms with Crippen molar-refractivity contribution in [2.75, 3.05) is 19.6 Å². The summed E-state index contributed by atoms with van der Waals surface area (Å²) in [6.07, 6.45) is 7.87. The second-order valence-electron chi connectivity index (χ2n) is 7.10. The maximum atomic E-state index is 12.3. The number of rotatable bonds is 5. The molecule has 1 aliphatic heterocycles. The summed E-state index contributed by atoms with van der Waals surface area (Å²) in [6.45, 7) is 8.02. The SMILES string of the molecule is CC(O)CC(C)(C)CNC(=O)N1CCC(n2ccnc2)CC1. The second kappa shape index (κ2) is 7.13. The number of likely N-dealkylation sites (tertiary alicyclic amines) is 1. The minimum absolute atomic E-state index is 0.00255. The molecular formula is C16H28N4O2. The summed E-state index contributed by atoms with van der Waals surface area (Å²) in [5, 5.41) is 12.5. The number of aromatic nitrogens is 2. The molecule has 1 atom stereocenters. The molecule has 22 heavy (non-hydrogen) atoms. The van der Waals surface area contributed by atoms with Crippen LogP contribution in [0.25, 0.3) is 0 Å². The minimum atomic E-state index is -0.349. The van der Waals surface area contributed by atoms with Crippen molar-refractivity contribution in [3.05, 3.63) is 18.7 Å². The highest BCUT2D eigenvalue weighted by atomic mass is 16.3. The van der Waals surface area contributed by atoms with Crippen LogP contribution >= 0.6 is 0 Å². The Labute approximate surface area is 132 Å². The summed E-state index contributed by atoms with van der Waals surface area (Å²) in [5.74, 6) is 0. The van der Waals surface area contributed by atoms with E-state index in [0.29, 0.717) is 19.0 Å². The van der Waals surface area contributed by atoms with Gasteiger partial charge in [-0.2, -0.15) is 0 Å². The van der Waals surface area contributed by atoms with Crippen LogP contribution in [0.15, 0.2) is 18.7 Å². The summed E-state index contributed by atoms with van der Waals surface area (Å²) in [6, 6.07) is 0.445. The van der Waals surface area contributed by atoms with Gasteiger partial charge < -0.3 is 19.9 Å². The zero-order chi connectivity index (χ0) is 16.2. The molecule has 2 heterocycles. The first-order chi connectivity index (χ1) is 10.4. The van der Waals surface area contributed by atoms with Crippen LogP contribution < -0.4 is 5.32 Å². The Hall–Kier alpha value is -1.56. The number of aliphatic hydroxyl groups excluding tert-OH is 1. The molecule has 2 rings (SSSR count). The molecule has 1 fully saturated rings. The molecule has 0 bridgehead atoms. The zero-order valence-corrected chi connectivity index (χ0v) is 13.8. The minimum Gasteiger partial charge on any atom is -0.393 e. The fraction of sp³-hybridized carbons (Fsp3) is 0.750. The number of urea groups is 1. The number of hydrogen-bond donors (Lipinski definition) is 2. The first kappa shape index (κ1) is 16.8. The summed E-state index contributed by atoms with van der Waals surface area (Å²) >= 11 is 0. The summed E-state index contributed by atoms with van der Waals surface area (Å²) in [7, 11) is 0. The lowest BCUT2D eigenvalue weighted by Gasteiger charge is -2.34. The predicted octanol–water partition coefficient (Wildman–Crippen LogP) is 2.03. The number of nitrogens with zero attached hydrogens (tertiary/aromatic N) is 3. The van der Waals surface area contributed by atoms with E-state index in [1.54, 1.807) is 13.1 Å². The fourth-order valence-corrected chi connectivity index (χ4v) is 3.15. The number of carbonyl (C=O) groups is 1. The Bertz CT molecular complexity index is 463. The van der Waals surface area contributed by atoms with Crippen LogP contribution in [-0.2, 0) is 0 Å². The topological polar surface area (TPSA) is 70.4 Å². The third kappa shape index (κ3) is 4.73. The third-order valence-electron chi connectivity index (χ3n) is 4.26. The number of aliphatic hydroxyl groups is 1. The van der Waals surface area contributed by atoms with Gasteiger partial charge in [0.15, 0.2) is 0 Å². The fourth-order valence-electron chi connectivity index (χ4n) is 3.15. The summed E-state index contributed by atoms with van der Waals surface area (Å²) in [5.41, 5.74) is -0.0983. The highest BCUT2D eigenvalue weighted by Gasteiger charge is 2.26. The van der Waals surface area contributed by atoms with Crippen LogP contribution in [0.1, 0.15) is 46.1 Å². The first-order valence-corrected chi connectivity index (χ1v) is 8.06. The molecule has 0 aromatic carbocycles. The van der Waals surface area contributed by atoms with Crippen molar-refractivity contribution in [1.29, 1.82) is 0 Å². The highest BCUT2D eigenvalue weighted by Crippen LogP contribution is 2.23. The van der Waals surface area contributed by atoms with Crippen LogP contribution in [0, 0.1) is 5.41 Å². The van der Waals surface area contributed by atoms with E-state index in [1.807, 2.05) is 17.4 Å². The van der Waals surface area contributed by atoms with E-state index in [4.69, 9.17) is 0 Å². The number of hydrogen-bond acceptors (Lipinski definition) is 3. The van der Waals surface area contributed by atoms with Crippen LogP contribution in [0.5, 0.6) is 0 Å². The van der Waals surface area contributed by atoms with E-state index in [1.165, 1.54) is 0 Å². The van der Waals surface area contributed by atoms with Gasteiger partial charge in [-0.15, -0.1) is 0 Å². The Morgan fingerprint density at radius 2 is 2.14 bits per heavy atom. The smallest absolute Gasteiger partial charge is 0.317 e. The molecule has 0 aliphatic carbocycles. The largest absolute Gasteiger partial charge is 0.393 e. The molecule has 2 amide bonds. The molecular weight excluding hydrogens is 280 g/mol. The van der Waals surface area contributed by atoms with Crippen LogP contribution in [0.2, 0.25) is 0 Å². The van der Waals surface area contributed by atoms with Crippen molar-refractivity contribution in [2.45, 2.75) is 52.2 Å². The van der Waals surface area contributed by atoms with E-state index < -0.39 is 0 Å². The number of imidazole rings is 1. The summed E-state index contributed by atoms with van der Waals surface area (Å²) in [4.78, 5) is 18.2. The van der Waals surface area contributed by atoms with Gasteiger partial charge >= 0.3 is 6.03 Å². The first-order valence-electron chi connectivity index (χ1n) is 8.06. The number of nitrogens with one attached hydrogen (secondary N) is 1. The van der Waals surface area contributed by atoms with Crippen LogP contribution in [0.4, 0.5) is 4.79 Å². The summed E-state index contributed by atoms with van der Waals surface area (Å²) < 4.78 is 2.13. The Kier molecular flexibility index (Phi) is 5.45. The molecule has 0 radical (unpaired) electrons. The lowest BCUT2D eigenvalue weighted by molar-refractivity contribution is 0.124. The van der Waals surface area contributed by atoms with E-state index in [-0.39, 0.29) is 17.6 Å². The zero-order valence-electron chi connectivity index (χ0n) is 13.8. The molecule has 0 saturated carbocycles. The standard InChI is InChI=1S/C16H28N4O2/c1-13(21)10-16(2,3)11-18-15(22)19-7-4-14(5-8-19)20-9-6-17-12-20/h6,9,12-14,21H,4-5,7-8,10-11H2,1-3H3,(H,18,22). The Morgan fingerprint density at radius 3 is 2.68 bits per heavy atom. The molecule has 1 saturated heterocycles. The van der Waals surface area contributed by atoms with Crippen molar-refractivity contribution >= 4 is 6.03 Å². The van der Waals surface area contributed by atoms with E-state index >= 15 is 0 Å². The predicted molar refractivity (Wildman–Crippen MR) is 85.5 cm³/mol. The molecule has 0 spiro atoms. The average Bonchev–Trinajstić information content (AvgIpc) is 2.98.